The molecular weight excluding hydrogens is 440 g/mol. The van der Waals surface area contributed by atoms with Crippen molar-refractivity contribution < 1.29 is 24.2 Å². The molecule has 2 aromatic carbocycles. The highest BCUT2D eigenvalue weighted by Crippen LogP contribution is 2.19. The minimum atomic E-state index is -0.898. The Kier molecular flexibility index (Phi) is 7.23. The third kappa shape index (κ3) is 5.60. The molecule has 0 saturated heterocycles. The van der Waals surface area contributed by atoms with Crippen LogP contribution in [0.25, 0.3) is 20.4 Å². The van der Waals surface area contributed by atoms with Gasteiger partial charge in [-0.05, 0) is 36.4 Å². The Balaban J connectivity index is 0.000000194. The first-order chi connectivity index (χ1) is 14.9. The number of esters is 1. The summed E-state index contributed by atoms with van der Waals surface area (Å²) in [6.45, 7) is 0.0340. The standard InChI is InChI=1S/C12H13N3O3S.C8H5NO2S/c1-18-12(17)8(13)5-14-11(16)7-2-3-9-10(4-7)19-6-15-9;10-8(11)5-1-2-6-7(3-5)12-4-9-6/h2-4,6,8H,5,13H2,1H3,(H,14,16);1-4H,(H,10,11). The Bertz CT molecular complexity index is 1240. The fourth-order valence-electron chi connectivity index (χ4n) is 2.52. The van der Waals surface area contributed by atoms with Crippen LogP contribution in [-0.2, 0) is 9.53 Å². The lowest BCUT2D eigenvalue weighted by atomic mass is 10.2. The molecule has 1 amide bonds. The van der Waals surface area contributed by atoms with Crippen LogP contribution in [0.1, 0.15) is 20.7 Å². The van der Waals surface area contributed by atoms with Crippen LogP contribution in [0, 0.1) is 0 Å². The first-order valence-electron chi connectivity index (χ1n) is 8.90. The highest BCUT2D eigenvalue weighted by Gasteiger charge is 2.15. The van der Waals surface area contributed by atoms with Crippen molar-refractivity contribution >= 4 is 61.0 Å². The summed E-state index contributed by atoms with van der Waals surface area (Å²) >= 11 is 2.91. The van der Waals surface area contributed by atoms with Crippen molar-refractivity contribution in [3.8, 4) is 0 Å². The Morgan fingerprint density at radius 1 is 1.03 bits per heavy atom. The van der Waals surface area contributed by atoms with Gasteiger partial charge in [-0.2, -0.15) is 0 Å². The summed E-state index contributed by atoms with van der Waals surface area (Å²) in [6, 6.07) is 9.27. The summed E-state index contributed by atoms with van der Waals surface area (Å²) in [4.78, 5) is 41.7. The molecule has 4 aromatic rings. The normalized spacial score (nSPS) is 11.4. The summed E-state index contributed by atoms with van der Waals surface area (Å²) < 4.78 is 6.32. The molecule has 31 heavy (non-hydrogen) atoms. The van der Waals surface area contributed by atoms with Crippen molar-refractivity contribution in [1.82, 2.24) is 15.3 Å². The number of hydrogen-bond acceptors (Lipinski definition) is 9. The van der Waals surface area contributed by atoms with Gasteiger partial charge in [0.05, 0.1) is 44.1 Å². The zero-order valence-corrected chi connectivity index (χ0v) is 17.9. The van der Waals surface area contributed by atoms with Crippen LogP contribution >= 0.6 is 22.7 Å². The molecule has 1 unspecified atom stereocenters. The van der Waals surface area contributed by atoms with Gasteiger partial charge in [-0.1, -0.05) is 0 Å². The highest BCUT2D eigenvalue weighted by molar-refractivity contribution is 7.17. The van der Waals surface area contributed by atoms with Gasteiger partial charge < -0.3 is 20.9 Å². The molecule has 0 saturated carbocycles. The van der Waals surface area contributed by atoms with Crippen molar-refractivity contribution in [2.75, 3.05) is 13.7 Å². The third-order valence-corrected chi connectivity index (χ3v) is 5.74. The number of thiazole rings is 2. The molecule has 0 spiro atoms. The molecule has 0 bridgehead atoms. The van der Waals surface area contributed by atoms with Crippen LogP contribution in [-0.4, -0.2) is 52.6 Å². The number of amides is 1. The number of nitrogens with one attached hydrogen (secondary N) is 1. The van der Waals surface area contributed by atoms with Crippen molar-refractivity contribution in [1.29, 1.82) is 0 Å². The topological polar surface area (TPSA) is 144 Å². The predicted octanol–water partition coefficient (Wildman–Crippen LogP) is 2.52. The summed E-state index contributed by atoms with van der Waals surface area (Å²) in [6.07, 6.45) is 0. The number of carbonyl (C=O) groups is 3. The predicted molar refractivity (Wildman–Crippen MR) is 119 cm³/mol. The van der Waals surface area contributed by atoms with Crippen LogP contribution in [0.3, 0.4) is 0 Å². The smallest absolute Gasteiger partial charge is 0.335 e. The monoisotopic (exact) mass is 458 g/mol. The zero-order chi connectivity index (χ0) is 22.4. The van der Waals surface area contributed by atoms with E-state index in [0.29, 0.717) is 11.1 Å². The average molecular weight is 459 g/mol. The number of nitrogens with two attached hydrogens (primary N) is 1. The maximum absolute atomic E-state index is 11.9. The fraction of sp³-hybridized carbons (Fsp3) is 0.150. The van der Waals surface area contributed by atoms with E-state index in [9.17, 15) is 14.4 Å². The first-order valence-corrected chi connectivity index (χ1v) is 10.7. The van der Waals surface area contributed by atoms with Gasteiger partial charge in [0.15, 0.2) is 0 Å². The van der Waals surface area contributed by atoms with Gasteiger partial charge >= 0.3 is 11.9 Å². The number of carboxylic acid groups (broad SMARTS) is 1. The van der Waals surface area contributed by atoms with Crippen LogP contribution in [0.15, 0.2) is 47.4 Å². The number of benzene rings is 2. The van der Waals surface area contributed by atoms with E-state index in [1.165, 1.54) is 29.8 Å². The number of aromatic nitrogens is 2. The Morgan fingerprint density at radius 3 is 2.13 bits per heavy atom. The van der Waals surface area contributed by atoms with Crippen molar-refractivity contribution in [2.45, 2.75) is 6.04 Å². The van der Waals surface area contributed by atoms with E-state index >= 15 is 0 Å². The number of hydrogen-bond donors (Lipinski definition) is 3. The average Bonchev–Trinajstić information content (AvgIpc) is 3.44. The first kappa shape index (κ1) is 22.3. The van der Waals surface area contributed by atoms with E-state index in [2.05, 4.69) is 20.0 Å². The molecule has 160 valence electrons. The second-order valence-electron chi connectivity index (χ2n) is 6.21. The van der Waals surface area contributed by atoms with Gasteiger partial charge in [0.2, 0.25) is 0 Å². The summed E-state index contributed by atoms with van der Waals surface area (Å²) in [5.41, 5.74) is 11.5. The quantitative estimate of drug-likeness (QED) is 0.387. The SMILES string of the molecule is COC(=O)C(N)CNC(=O)c1ccc2ncsc2c1.O=C(O)c1ccc2ncsc2c1. The number of carboxylic acids is 1. The summed E-state index contributed by atoms with van der Waals surface area (Å²) in [7, 11) is 1.25. The van der Waals surface area contributed by atoms with Gasteiger partial charge in [-0.15, -0.1) is 22.7 Å². The second-order valence-corrected chi connectivity index (χ2v) is 7.99. The van der Waals surface area contributed by atoms with E-state index in [0.717, 1.165) is 20.4 Å². The molecule has 9 nitrogen and oxygen atoms in total. The third-order valence-electron chi connectivity index (χ3n) is 4.16. The molecule has 4 rings (SSSR count). The number of aromatic carboxylic acids is 1. The fourth-order valence-corrected chi connectivity index (χ4v) is 3.96. The van der Waals surface area contributed by atoms with Gasteiger partial charge in [0.25, 0.3) is 5.91 Å². The van der Waals surface area contributed by atoms with E-state index in [-0.39, 0.29) is 12.5 Å². The molecule has 0 aliphatic rings. The highest BCUT2D eigenvalue weighted by atomic mass is 32.1. The van der Waals surface area contributed by atoms with E-state index in [4.69, 9.17) is 10.8 Å². The number of carbonyl (C=O) groups excluding carboxylic acids is 2. The summed E-state index contributed by atoms with van der Waals surface area (Å²) in [5, 5.41) is 11.3. The van der Waals surface area contributed by atoms with Crippen LogP contribution in [0.2, 0.25) is 0 Å². The minimum Gasteiger partial charge on any atom is -0.478 e. The van der Waals surface area contributed by atoms with E-state index in [1.807, 2.05) is 0 Å². The van der Waals surface area contributed by atoms with Crippen LogP contribution in [0.4, 0.5) is 0 Å². The Labute approximate surface area is 184 Å². The number of methoxy groups -OCH3 is 1. The second kappa shape index (κ2) is 10.1. The zero-order valence-electron chi connectivity index (χ0n) is 16.3. The maximum atomic E-state index is 11.9. The molecule has 0 aliphatic carbocycles. The molecule has 1 atom stereocenters. The molecule has 11 heteroatoms. The number of rotatable bonds is 5. The Hall–Kier alpha value is -3.41. The van der Waals surface area contributed by atoms with Gasteiger partial charge in [-0.3, -0.25) is 9.59 Å². The summed E-state index contributed by atoms with van der Waals surface area (Å²) in [5.74, 6) is -1.74. The molecule has 0 aliphatic heterocycles. The number of fused-ring (bicyclic) bond motifs is 2. The largest absolute Gasteiger partial charge is 0.478 e. The van der Waals surface area contributed by atoms with Gasteiger partial charge in [0, 0.05) is 12.1 Å². The van der Waals surface area contributed by atoms with Gasteiger partial charge in [-0.25, -0.2) is 14.8 Å². The van der Waals surface area contributed by atoms with E-state index in [1.54, 1.807) is 47.4 Å². The van der Waals surface area contributed by atoms with Crippen LogP contribution < -0.4 is 11.1 Å². The van der Waals surface area contributed by atoms with Crippen LogP contribution in [0.5, 0.6) is 0 Å². The molecule has 2 heterocycles. The molecule has 0 radical (unpaired) electrons. The minimum absolute atomic E-state index is 0.0340. The lowest BCUT2D eigenvalue weighted by Crippen LogP contribution is -2.43. The van der Waals surface area contributed by atoms with Crippen molar-refractivity contribution in [3.05, 3.63) is 58.5 Å². The number of ether oxygens (including phenoxy) is 1. The molecule has 0 fully saturated rings. The molecule has 2 aromatic heterocycles. The maximum Gasteiger partial charge on any atom is 0.335 e. The van der Waals surface area contributed by atoms with E-state index < -0.39 is 18.0 Å². The van der Waals surface area contributed by atoms with Crippen molar-refractivity contribution in [2.24, 2.45) is 5.73 Å². The molecule has 4 N–H and O–H groups in total. The van der Waals surface area contributed by atoms with Gasteiger partial charge in [0.1, 0.15) is 6.04 Å². The lowest BCUT2D eigenvalue weighted by molar-refractivity contribution is -0.141. The number of nitrogens with zero attached hydrogens (tertiary/aromatic N) is 2. The van der Waals surface area contributed by atoms with Crippen molar-refractivity contribution in [3.63, 3.8) is 0 Å². The molecular formula is C20H18N4O5S2. The Morgan fingerprint density at radius 2 is 1.58 bits per heavy atom. The lowest BCUT2D eigenvalue weighted by Gasteiger charge is -2.10.